The molecule has 1 saturated heterocycles. The lowest BCUT2D eigenvalue weighted by molar-refractivity contribution is 0.0692. The smallest absolute Gasteiger partial charge is 0.357 e. The quantitative estimate of drug-likeness (QED) is 0.694. The molecular weight excluding hydrogens is 354 g/mol. The highest BCUT2D eigenvalue weighted by Crippen LogP contribution is 2.24. The second-order valence-corrected chi connectivity index (χ2v) is 7.57. The second-order valence-electron chi connectivity index (χ2n) is 5.03. The van der Waals surface area contributed by atoms with Crippen molar-refractivity contribution in [2.45, 2.75) is 4.90 Å². The molecular formula is C13H15N5O4S2. The summed E-state index contributed by atoms with van der Waals surface area (Å²) in [5.74, 6) is -0.583. The van der Waals surface area contributed by atoms with Gasteiger partial charge in [0.25, 0.3) is 10.0 Å². The van der Waals surface area contributed by atoms with Crippen LogP contribution in [0.3, 0.4) is 0 Å². The second kappa shape index (κ2) is 6.71. The summed E-state index contributed by atoms with van der Waals surface area (Å²) in [7, 11) is -3.92. The van der Waals surface area contributed by atoms with E-state index in [0.717, 1.165) is 37.5 Å². The van der Waals surface area contributed by atoms with Crippen LogP contribution in [0.15, 0.2) is 28.7 Å². The number of piperazine rings is 1. The van der Waals surface area contributed by atoms with Crippen LogP contribution in [-0.2, 0) is 10.0 Å². The van der Waals surface area contributed by atoms with E-state index in [1.165, 1.54) is 17.8 Å². The largest absolute Gasteiger partial charge is 0.476 e. The van der Waals surface area contributed by atoms with Crippen molar-refractivity contribution in [2.24, 2.45) is 0 Å². The fourth-order valence-electron chi connectivity index (χ4n) is 2.26. The molecule has 1 fully saturated rings. The van der Waals surface area contributed by atoms with Gasteiger partial charge < -0.3 is 15.3 Å². The third kappa shape index (κ3) is 3.47. The number of rotatable bonds is 5. The van der Waals surface area contributed by atoms with Gasteiger partial charge in [-0.05, 0) is 12.1 Å². The monoisotopic (exact) mass is 369 g/mol. The van der Waals surface area contributed by atoms with Gasteiger partial charge in [-0.3, -0.25) is 4.72 Å². The predicted octanol–water partition coefficient (Wildman–Crippen LogP) is 0.447. The van der Waals surface area contributed by atoms with Crippen molar-refractivity contribution in [1.29, 1.82) is 0 Å². The standard InChI is InChI=1S/C13H15N5O4S2/c19-13(20)11-12(23-8-16-11)17-24(21,22)9-1-2-10(15-7-9)18-5-3-14-4-6-18/h1-2,7-8,14,17H,3-6H2,(H,19,20). The fraction of sp³-hybridized carbons (Fsp3) is 0.308. The Morgan fingerprint density at radius 1 is 1.29 bits per heavy atom. The number of carbonyl (C=O) groups is 1. The lowest BCUT2D eigenvalue weighted by Crippen LogP contribution is -2.43. The van der Waals surface area contributed by atoms with E-state index in [1.807, 2.05) is 0 Å². The first-order chi connectivity index (χ1) is 11.5. The van der Waals surface area contributed by atoms with Gasteiger partial charge in [0.05, 0.1) is 5.51 Å². The Kier molecular flexibility index (Phi) is 4.64. The van der Waals surface area contributed by atoms with Crippen LogP contribution in [0.25, 0.3) is 0 Å². The fourth-order valence-corrected chi connectivity index (χ4v) is 4.20. The van der Waals surface area contributed by atoms with Crippen molar-refractivity contribution in [3.8, 4) is 0 Å². The van der Waals surface area contributed by atoms with Gasteiger partial charge in [-0.1, -0.05) is 0 Å². The number of aromatic nitrogens is 2. The lowest BCUT2D eigenvalue weighted by atomic mass is 10.3. The molecule has 1 aliphatic rings. The van der Waals surface area contributed by atoms with Gasteiger partial charge in [0.2, 0.25) is 0 Å². The van der Waals surface area contributed by atoms with Gasteiger partial charge >= 0.3 is 5.97 Å². The summed E-state index contributed by atoms with van der Waals surface area (Å²) >= 11 is 0.907. The van der Waals surface area contributed by atoms with Crippen LogP contribution in [0.4, 0.5) is 10.8 Å². The summed E-state index contributed by atoms with van der Waals surface area (Å²) < 4.78 is 27.0. The van der Waals surface area contributed by atoms with Crippen molar-refractivity contribution < 1.29 is 18.3 Å². The Morgan fingerprint density at radius 3 is 2.67 bits per heavy atom. The third-order valence-electron chi connectivity index (χ3n) is 3.47. The number of nitrogens with zero attached hydrogens (tertiary/aromatic N) is 3. The molecule has 0 aromatic carbocycles. The molecule has 0 saturated carbocycles. The first kappa shape index (κ1) is 16.6. The summed E-state index contributed by atoms with van der Waals surface area (Å²) in [6, 6.07) is 3.10. The summed E-state index contributed by atoms with van der Waals surface area (Å²) in [5, 5.41) is 12.2. The molecule has 3 rings (SSSR count). The molecule has 2 aromatic heterocycles. The average molecular weight is 369 g/mol. The normalized spacial score (nSPS) is 15.2. The third-order valence-corrected chi connectivity index (χ3v) is 5.68. The SMILES string of the molecule is O=C(O)c1ncsc1NS(=O)(=O)c1ccc(N2CCNCC2)nc1. The molecule has 24 heavy (non-hydrogen) atoms. The highest BCUT2D eigenvalue weighted by Gasteiger charge is 2.21. The first-order valence-electron chi connectivity index (χ1n) is 7.09. The van der Waals surface area contributed by atoms with Crippen molar-refractivity contribution >= 4 is 38.1 Å². The maximum absolute atomic E-state index is 12.4. The number of thiazole rings is 1. The Bertz CT molecular complexity index is 828. The van der Waals surface area contributed by atoms with Crippen LogP contribution in [0, 0.1) is 0 Å². The predicted molar refractivity (Wildman–Crippen MR) is 89.2 cm³/mol. The maximum Gasteiger partial charge on any atom is 0.357 e. The Balaban J connectivity index is 1.79. The van der Waals surface area contributed by atoms with Crippen LogP contribution in [-0.4, -0.2) is 55.6 Å². The number of sulfonamides is 1. The van der Waals surface area contributed by atoms with Crippen molar-refractivity contribution in [3.63, 3.8) is 0 Å². The van der Waals surface area contributed by atoms with Crippen LogP contribution in [0.1, 0.15) is 10.5 Å². The van der Waals surface area contributed by atoms with Crippen molar-refractivity contribution in [3.05, 3.63) is 29.5 Å². The summed E-state index contributed by atoms with van der Waals surface area (Å²) in [5.41, 5.74) is 0.946. The number of carboxylic acids is 1. The van der Waals surface area contributed by atoms with Gasteiger partial charge in [-0.15, -0.1) is 11.3 Å². The summed E-state index contributed by atoms with van der Waals surface area (Å²) in [4.78, 5) is 20.9. The number of hydrogen-bond acceptors (Lipinski definition) is 8. The van der Waals surface area contributed by atoms with Crippen molar-refractivity contribution in [2.75, 3.05) is 35.8 Å². The van der Waals surface area contributed by atoms with E-state index in [1.54, 1.807) is 6.07 Å². The topological polar surface area (TPSA) is 125 Å². The number of pyridine rings is 1. The zero-order chi connectivity index (χ0) is 17.2. The number of hydrogen-bond donors (Lipinski definition) is 3. The van der Waals surface area contributed by atoms with Gasteiger partial charge in [0, 0.05) is 32.4 Å². The Morgan fingerprint density at radius 2 is 2.04 bits per heavy atom. The first-order valence-corrected chi connectivity index (χ1v) is 9.45. The molecule has 3 heterocycles. The maximum atomic E-state index is 12.4. The molecule has 11 heteroatoms. The average Bonchev–Trinajstić information content (AvgIpc) is 3.03. The number of nitrogens with one attached hydrogen (secondary N) is 2. The molecule has 1 aliphatic heterocycles. The zero-order valence-corrected chi connectivity index (χ0v) is 14.1. The van der Waals surface area contributed by atoms with E-state index in [2.05, 4.69) is 24.9 Å². The van der Waals surface area contributed by atoms with Crippen LogP contribution in [0.2, 0.25) is 0 Å². The summed E-state index contributed by atoms with van der Waals surface area (Å²) in [6.45, 7) is 3.32. The Labute approximate surface area is 142 Å². The summed E-state index contributed by atoms with van der Waals surface area (Å²) in [6.07, 6.45) is 1.27. The Hall–Kier alpha value is -2.24. The molecule has 0 unspecified atom stereocenters. The number of anilines is 2. The van der Waals surface area contributed by atoms with Crippen LogP contribution < -0.4 is 14.9 Å². The van der Waals surface area contributed by atoms with Gasteiger partial charge in [0.1, 0.15) is 15.7 Å². The molecule has 128 valence electrons. The molecule has 3 N–H and O–H groups in total. The van der Waals surface area contributed by atoms with Crippen molar-refractivity contribution in [1.82, 2.24) is 15.3 Å². The van der Waals surface area contributed by atoms with E-state index in [0.29, 0.717) is 5.82 Å². The van der Waals surface area contributed by atoms with E-state index >= 15 is 0 Å². The molecule has 0 aliphatic carbocycles. The molecule has 0 amide bonds. The minimum absolute atomic E-state index is 0.0336. The minimum atomic E-state index is -3.92. The van der Waals surface area contributed by atoms with E-state index < -0.39 is 16.0 Å². The van der Waals surface area contributed by atoms with Crippen LogP contribution in [0.5, 0.6) is 0 Å². The molecule has 0 spiro atoms. The van der Waals surface area contributed by atoms with Gasteiger partial charge in [-0.25, -0.2) is 23.2 Å². The molecule has 0 radical (unpaired) electrons. The molecule has 9 nitrogen and oxygen atoms in total. The molecule has 0 atom stereocenters. The molecule has 0 bridgehead atoms. The zero-order valence-electron chi connectivity index (χ0n) is 12.5. The van der Waals surface area contributed by atoms with E-state index in [-0.39, 0.29) is 15.6 Å². The highest BCUT2D eigenvalue weighted by atomic mass is 32.2. The van der Waals surface area contributed by atoms with Crippen LogP contribution >= 0.6 is 11.3 Å². The number of carboxylic acid groups (broad SMARTS) is 1. The van der Waals surface area contributed by atoms with E-state index in [9.17, 15) is 13.2 Å². The van der Waals surface area contributed by atoms with E-state index in [4.69, 9.17) is 5.11 Å². The van der Waals surface area contributed by atoms with Gasteiger partial charge in [0.15, 0.2) is 5.69 Å². The van der Waals surface area contributed by atoms with Gasteiger partial charge in [-0.2, -0.15) is 0 Å². The molecule has 2 aromatic rings. The minimum Gasteiger partial charge on any atom is -0.476 e. The number of aromatic carboxylic acids is 1. The lowest BCUT2D eigenvalue weighted by Gasteiger charge is -2.28. The highest BCUT2D eigenvalue weighted by molar-refractivity contribution is 7.93.